The lowest BCUT2D eigenvalue weighted by Gasteiger charge is -2.36. The molecule has 0 radical (unpaired) electrons. The third-order valence-electron chi connectivity index (χ3n) is 7.03. The summed E-state index contributed by atoms with van der Waals surface area (Å²) in [4.78, 5) is 24.2. The summed E-state index contributed by atoms with van der Waals surface area (Å²) in [5.41, 5.74) is 2.81. The van der Waals surface area contributed by atoms with Gasteiger partial charge in [0.15, 0.2) is 0 Å². The normalized spacial score (nSPS) is 20.0. The second kappa shape index (κ2) is 11.0. The van der Waals surface area contributed by atoms with Crippen molar-refractivity contribution in [3.8, 4) is 0 Å². The van der Waals surface area contributed by atoms with E-state index in [4.69, 9.17) is 0 Å². The molecule has 2 aliphatic heterocycles. The van der Waals surface area contributed by atoms with Gasteiger partial charge in [0.1, 0.15) is 5.82 Å². The van der Waals surface area contributed by atoms with E-state index in [2.05, 4.69) is 57.8 Å². The fraction of sp³-hybridized carbons (Fsp3) is 0.556. The van der Waals surface area contributed by atoms with E-state index in [0.717, 1.165) is 51.5 Å². The molecule has 2 fully saturated rings. The van der Waals surface area contributed by atoms with Crippen LogP contribution < -0.4 is 4.90 Å². The molecule has 0 aliphatic carbocycles. The molecule has 1 unspecified atom stereocenters. The summed E-state index contributed by atoms with van der Waals surface area (Å²) in [6, 6.07) is 15.1. The smallest absolute Gasteiger partial charge is 0.222 e. The minimum absolute atomic E-state index is 0.326. The second-order valence-electron chi connectivity index (χ2n) is 9.73. The summed E-state index contributed by atoms with van der Waals surface area (Å²) in [7, 11) is 0. The predicted octanol–water partition coefficient (Wildman–Crippen LogP) is 4.55. The summed E-state index contributed by atoms with van der Waals surface area (Å²) >= 11 is 0. The van der Waals surface area contributed by atoms with Gasteiger partial charge in [0, 0.05) is 51.9 Å². The first-order chi connectivity index (χ1) is 15.6. The number of pyridine rings is 1. The highest BCUT2D eigenvalue weighted by atomic mass is 16.2. The zero-order valence-corrected chi connectivity index (χ0v) is 19.7. The molecular weight excluding hydrogens is 396 g/mol. The maximum absolute atomic E-state index is 12.8. The number of amides is 1. The van der Waals surface area contributed by atoms with Crippen LogP contribution in [0.4, 0.5) is 5.82 Å². The largest absolute Gasteiger partial charge is 0.353 e. The van der Waals surface area contributed by atoms with E-state index in [0.29, 0.717) is 24.2 Å². The molecule has 5 heteroatoms. The molecule has 1 atom stereocenters. The van der Waals surface area contributed by atoms with Crippen molar-refractivity contribution in [3.05, 3.63) is 59.8 Å². The Morgan fingerprint density at radius 3 is 2.50 bits per heavy atom. The van der Waals surface area contributed by atoms with Crippen molar-refractivity contribution >= 4 is 11.7 Å². The highest BCUT2D eigenvalue weighted by Gasteiger charge is 2.24. The van der Waals surface area contributed by atoms with Gasteiger partial charge in [-0.25, -0.2) is 4.98 Å². The number of aromatic nitrogens is 1. The van der Waals surface area contributed by atoms with Crippen LogP contribution in [-0.2, 0) is 11.3 Å². The number of anilines is 1. The number of hydrogen-bond acceptors (Lipinski definition) is 4. The molecular formula is C27H38N4O. The average Bonchev–Trinajstić information content (AvgIpc) is 2.84. The van der Waals surface area contributed by atoms with E-state index in [1.165, 1.54) is 30.5 Å². The molecule has 5 nitrogen and oxygen atoms in total. The minimum atomic E-state index is 0.326. The lowest BCUT2D eigenvalue weighted by atomic mass is 9.92. The van der Waals surface area contributed by atoms with Crippen molar-refractivity contribution in [3.63, 3.8) is 0 Å². The molecule has 0 bridgehead atoms. The molecule has 0 saturated carbocycles. The van der Waals surface area contributed by atoms with Crippen LogP contribution in [0, 0.1) is 5.92 Å². The highest BCUT2D eigenvalue weighted by Crippen LogP contribution is 2.24. The van der Waals surface area contributed by atoms with Crippen molar-refractivity contribution in [2.75, 3.05) is 44.2 Å². The third kappa shape index (κ3) is 6.10. The molecule has 1 amide bonds. The molecule has 2 aliphatic rings. The van der Waals surface area contributed by atoms with Crippen LogP contribution in [0.5, 0.6) is 0 Å². The molecule has 2 saturated heterocycles. The second-order valence-corrected chi connectivity index (χ2v) is 9.73. The lowest BCUT2D eigenvalue weighted by molar-refractivity contribution is -0.131. The number of nitrogens with zero attached hydrogens (tertiary/aromatic N) is 4. The molecule has 32 heavy (non-hydrogen) atoms. The van der Waals surface area contributed by atoms with Crippen LogP contribution in [0.3, 0.4) is 0 Å². The van der Waals surface area contributed by atoms with Crippen molar-refractivity contribution in [2.24, 2.45) is 5.92 Å². The SMILES string of the molecule is CC(C)c1ccc(CN2CCCC(CCC(=O)N3CCN(c4ccccn4)CC3)C2)cc1. The van der Waals surface area contributed by atoms with E-state index in [1.807, 2.05) is 24.4 Å². The monoisotopic (exact) mass is 434 g/mol. The van der Waals surface area contributed by atoms with E-state index >= 15 is 0 Å². The van der Waals surface area contributed by atoms with Gasteiger partial charge in [-0.3, -0.25) is 9.69 Å². The van der Waals surface area contributed by atoms with Gasteiger partial charge in [-0.15, -0.1) is 0 Å². The summed E-state index contributed by atoms with van der Waals surface area (Å²) < 4.78 is 0. The number of rotatable bonds is 7. The quantitative estimate of drug-likeness (QED) is 0.641. The molecule has 2 aromatic rings. The lowest BCUT2D eigenvalue weighted by Crippen LogP contribution is -2.49. The first-order valence-corrected chi connectivity index (χ1v) is 12.3. The predicted molar refractivity (Wildman–Crippen MR) is 131 cm³/mol. The standard InChI is InChI=1S/C27H38N4O/c1-22(2)25-11-8-24(9-12-25)21-29-15-5-6-23(20-29)10-13-27(32)31-18-16-30(17-19-31)26-7-3-4-14-28-26/h3-4,7-9,11-12,14,22-23H,5-6,10,13,15-21H2,1-2H3. The zero-order valence-electron chi connectivity index (χ0n) is 19.7. The number of benzene rings is 1. The van der Waals surface area contributed by atoms with Gasteiger partial charge in [-0.05, 0) is 60.9 Å². The molecule has 0 spiro atoms. The summed E-state index contributed by atoms with van der Waals surface area (Å²) in [6.07, 6.45) is 6.03. The summed E-state index contributed by atoms with van der Waals surface area (Å²) in [5, 5.41) is 0. The van der Waals surface area contributed by atoms with Gasteiger partial charge in [0.05, 0.1) is 0 Å². The number of likely N-dealkylation sites (tertiary alicyclic amines) is 1. The molecule has 3 heterocycles. The summed E-state index contributed by atoms with van der Waals surface area (Å²) in [6.45, 7) is 11.1. The Kier molecular flexibility index (Phi) is 7.80. The van der Waals surface area contributed by atoms with Crippen LogP contribution in [0.15, 0.2) is 48.7 Å². The first-order valence-electron chi connectivity index (χ1n) is 12.3. The fourth-order valence-electron chi connectivity index (χ4n) is 5.01. The van der Waals surface area contributed by atoms with Gasteiger partial charge >= 0.3 is 0 Å². The number of carbonyl (C=O) groups excluding carboxylic acids is 1. The number of piperazine rings is 1. The molecule has 172 valence electrons. The van der Waals surface area contributed by atoms with Gasteiger partial charge < -0.3 is 9.80 Å². The van der Waals surface area contributed by atoms with Crippen molar-refractivity contribution in [1.82, 2.24) is 14.8 Å². The van der Waals surface area contributed by atoms with Gasteiger partial charge in [0.2, 0.25) is 5.91 Å². The van der Waals surface area contributed by atoms with E-state index < -0.39 is 0 Å². The van der Waals surface area contributed by atoms with E-state index in [-0.39, 0.29) is 0 Å². The Morgan fingerprint density at radius 2 is 1.81 bits per heavy atom. The van der Waals surface area contributed by atoms with E-state index in [9.17, 15) is 4.79 Å². The Morgan fingerprint density at radius 1 is 1.03 bits per heavy atom. The Bertz CT molecular complexity index is 844. The molecule has 1 aromatic carbocycles. The van der Waals surface area contributed by atoms with Crippen molar-refractivity contribution in [2.45, 2.75) is 52.0 Å². The Labute approximate surface area is 193 Å². The number of piperidine rings is 1. The zero-order chi connectivity index (χ0) is 22.3. The fourth-order valence-corrected chi connectivity index (χ4v) is 5.01. The van der Waals surface area contributed by atoms with Gasteiger partial charge in [-0.1, -0.05) is 44.2 Å². The maximum Gasteiger partial charge on any atom is 0.222 e. The van der Waals surface area contributed by atoms with Crippen molar-refractivity contribution < 1.29 is 4.79 Å². The summed E-state index contributed by atoms with van der Waals surface area (Å²) in [5.74, 6) is 2.56. The van der Waals surface area contributed by atoms with Gasteiger partial charge in [0.25, 0.3) is 0 Å². The molecule has 0 N–H and O–H groups in total. The Balaban J connectivity index is 1.19. The average molecular weight is 435 g/mol. The third-order valence-corrected chi connectivity index (χ3v) is 7.03. The van der Waals surface area contributed by atoms with Crippen LogP contribution in [0.25, 0.3) is 0 Å². The number of carbonyl (C=O) groups is 1. The minimum Gasteiger partial charge on any atom is -0.353 e. The van der Waals surface area contributed by atoms with Crippen molar-refractivity contribution in [1.29, 1.82) is 0 Å². The van der Waals surface area contributed by atoms with E-state index in [1.54, 1.807) is 0 Å². The number of hydrogen-bond donors (Lipinski definition) is 0. The van der Waals surface area contributed by atoms with Gasteiger partial charge in [-0.2, -0.15) is 0 Å². The Hall–Kier alpha value is -2.40. The van der Waals surface area contributed by atoms with Crippen LogP contribution >= 0.6 is 0 Å². The molecule has 4 rings (SSSR count). The first kappa shape index (κ1) is 22.8. The maximum atomic E-state index is 12.8. The molecule has 1 aromatic heterocycles. The highest BCUT2D eigenvalue weighted by molar-refractivity contribution is 5.76. The van der Waals surface area contributed by atoms with Crippen LogP contribution in [0.1, 0.15) is 56.6 Å². The van der Waals surface area contributed by atoms with Crippen LogP contribution in [0.2, 0.25) is 0 Å². The topological polar surface area (TPSA) is 39.7 Å². The van der Waals surface area contributed by atoms with Crippen LogP contribution in [-0.4, -0.2) is 60.0 Å².